The number of hydrogen-bond donors (Lipinski definition) is 2. The standard InChI is InChI=1S/C27H36N8O/c1-27(2,3)19-7-8-23(29-16-19)26(36)30-20-6-5-11-34(17-20)21-9-10-28-24(14-21)31-25-15-22-18-33(4)12-13-35(22)32-25/h7-10,14-16,20H,5-6,11-13,17-18H2,1-4H3,(H,30,36)(H,28,31,32)/t20-/m0/s1. The molecule has 0 aliphatic carbocycles. The maximum atomic E-state index is 12.9. The molecule has 0 aromatic carbocycles. The van der Waals surface area contributed by atoms with Gasteiger partial charge in [-0.1, -0.05) is 26.8 Å². The van der Waals surface area contributed by atoms with Gasteiger partial charge in [0.05, 0.1) is 12.2 Å². The third-order valence-electron chi connectivity index (χ3n) is 6.97. The minimum Gasteiger partial charge on any atom is -0.369 e. The Hall–Kier alpha value is -3.46. The maximum absolute atomic E-state index is 12.9. The van der Waals surface area contributed by atoms with Crippen molar-refractivity contribution < 1.29 is 4.79 Å². The Morgan fingerprint density at radius 1 is 1.06 bits per heavy atom. The van der Waals surface area contributed by atoms with Gasteiger partial charge in [-0.05, 0) is 43.0 Å². The number of fused-ring (bicyclic) bond motifs is 1. The smallest absolute Gasteiger partial charge is 0.270 e. The Morgan fingerprint density at radius 2 is 1.92 bits per heavy atom. The van der Waals surface area contributed by atoms with Gasteiger partial charge in [-0.25, -0.2) is 4.98 Å². The summed E-state index contributed by atoms with van der Waals surface area (Å²) >= 11 is 0. The van der Waals surface area contributed by atoms with E-state index in [0.717, 1.165) is 68.5 Å². The highest BCUT2D eigenvalue weighted by Gasteiger charge is 2.24. The molecule has 9 nitrogen and oxygen atoms in total. The van der Waals surface area contributed by atoms with Crippen molar-refractivity contribution in [2.24, 2.45) is 0 Å². The van der Waals surface area contributed by atoms with Crippen LogP contribution in [-0.2, 0) is 18.5 Å². The first-order chi connectivity index (χ1) is 17.2. The van der Waals surface area contributed by atoms with Crippen LogP contribution in [0.1, 0.15) is 55.4 Å². The quantitative estimate of drug-likeness (QED) is 0.567. The van der Waals surface area contributed by atoms with Gasteiger partial charge in [0.1, 0.15) is 11.5 Å². The lowest BCUT2D eigenvalue weighted by Gasteiger charge is -2.34. The fourth-order valence-corrected chi connectivity index (χ4v) is 4.83. The Balaban J connectivity index is 1.22. The summed E-state index contributed by atoms with van der Waals surface area (Å²) in [6.07, 6.45) is 5.59. The molecule has 1 atom stereocenters. The number of rotatable bonds is 5. The average molecular weight is 489 g/mol. The molecule has 3 aromatic heterocycles. The van der Waals surface area contributed by atoms with E-state index in [1.807, 2.05) is 30.6 Å². The summed E-state index contributed by atoms with van der Waals surface area (Å²) < 4.78 is 2.07. The van der Waals surface area contributed by atoms with Gasteiger partial charge in [-0.15, -0.1) is 0 Å². The first-order valence-electron chi connectivity index (χ1n) is 12.8. The van der Waals surface area contributed by atoms with E-state index in [-0.39, 0.29) is 17.4 Å². The monoisotopic (exact) mass is 488 g/mol. The van der Waals surface area contributed by atoms with E-state index in [0.29, 0.717) is 5.69 Å². The van der Waals surface area contributed by atoms with Crippen LogP contribution >= 0.6 is 0 Å². The maximum Gasteiger partial charge on any atom is 0.270 e. The van der Waals surface area contributed by atoms with E-state index in [2.05, 4.69) is 80.1 Å². The van der Waals surface area contributed by atoms with E-state index < -0.39 is 0 Å². The minimum absolute atomic E-state index is 0.0119. The number of hydrogen-bond acceptors (Lipinski definition) is 7. The molecule has 0 radical (unpaired) electrons. The molecular formula is C27H36N8O. The number of carbonyl (C=O) groups excluding carboxylic acids is 1. The van der Waals surface area contributed by atoms with Crippen molar-refractivity contribution in [2.45, 2.75) is 58.2 Å². The lowest BCUT2D eigenvalue weighted by molar-refractivity contribution is 0.0928. The molecule has 5 heterocycles. The molecule has 2 N–H and O–H groups in total. The second-order valence-electron chi connectivity index (χ2n) is 10.9. The minimum atomic E-state index is -0.117. The number of piperidine rings is 1. The number of pyridine rings is 2. The molecule has 0 bridgehead atoms. The molecule has 1 saturated heterocycles. The fraction of sp³-hybridized carbons (Fsp3) is 0.481. The highest BCUT2D eigenvalue weighted by Crippen LogP contribution is 2.25. The summed E-state index contributed by atoms with van der Waals surface area (Å²) in [7, 11) is 2.13. The molecule has 0 saturated carbocycles. The normalized spacial score (nSPS) is 18.6. The van der Waals surface area contributed by atoms with Crippen molar-refractivity contribution >= 4 is 23.2 Å². The lowest BCUT2D eigenvalue weighted by atomic mass is 9.88. The van der Waals surface area contributed by atoms with Gasteiger partial charge >= 0.3 is 0 Å². The Morgan fingerprint density at radius 3 is 2.69 bits per heavy atom. The first-order valence-corrected chi connectivity index (χ1v) is 12.8. The highest BCUT2D eigenvalue weighted by atomic mass is 16.1. The van der Waals surface area contributed by atoms with Crippen LogP contribution < -0.4 is 15.5 Å². The number of aromatic nitrogens is 4. The van der Waals surface area contributed by atoms with E-state index in [1.165, 1.54) is 5.69 Å². The zero-order valence-corrected chi connectivity index (χ0v) is 21.7. The Kier molecular flexibility index (Phi) is 6.66. The largest absolute Gasteiger partial charge is 0.369 e. The summed E-state index contributed by atoms with van der Waals surface area (Å²) in [5.41, 5.74) is 3.89. The van der Waals surface area contributed by atoms with Gasteiger partial charge < -0.3 is 15.5 Å². The van der Waals surface area contributed by atoms with Crippen molar-refractivity contribution in [3.05, 3.63) is 59.7 Å². The van der Waals surface area contributed by atoms with Gasteiger partial charge in [-0.3, -0.25) is 19.4 Å². The second kappa shape index (κ2) is 9.89. The molecule has 1 fully saturated rings. The zero-order valence-electron chi connectivity index (χ0n) is 21.7. The van der Waals surface area contributed by atoms with E-state index in [4.69, 9.17) is 0 Å². The van der Waals surface area contributed by atoms with Crippen LogP contribution in [0.4, 0.5) is 17.3 Å². The topological polar surface area (TPSA) is 91.2 Å². The summed E-state index contributed by atoms with van der Waals surface area (Å²) in [5.74, 6) is 1.47. The average Bonchev–Trinajstić information content (AvgIpc) is 3.25. The van der Waals surface area contributed by atoms with Crippen molar-refractivity contribution in [1.29, 1.82) is 0 Å². The summed E-state index contributed by atoms with van der Waals surface area (Å²) in [4.78, 5) is 26.4. The number of amides is 1. The number of nitrogens with one attached hydrogen (secondary N) is 2. The van der Waals surface area contributed by atoms with Gasteiger partial charge in [0.2, 0.25) is 0 Å². The molecule has 9 heteroatoms. The summed E-state index contributed by atoms with van der Waals surface area (Å²) in [6.45, 7) is 10.9. The molecule has 36 heavy (non-hydrogen) atoms. The molecule has 1 amide bonds. The van der Waals surface area contributed by atoms with Crippen LogP contribution in [0.25, 0.3) is 0 Å². The van der Waals surface area contributed by atoms with Crippen molar-refractivity contribution in [3.8, 4) is 0 Å². The first kappa shape index (κ1) is 24.2. The van der Waals surface area contributed by atoms with E-state index in [1.54, 1.807) is 0 Å². The third-order valence-corrected chi connectivity index (χ3v) is 6.97. The van der Waals surface area contributed by atoms with Crippen LogP contribution in [0.3, 0.4) is 0 Å². The number of carbonyl (C=O) groups is 1. The van der Waals surface area contributed by atoms with Crippen LogP contribution in [0.2, 0.25) is 0 Å². The Bertz CT molecular complexity index is 1210. The fourth-order valence-electron chi connectivity index (χ4n) is 4.83. The molecule has 190 valence electrons. The number of nitrogens with zero attached hydrogens (tertiary/aromatic N) is 6. The predicted octanol–water partition coefficient (Wildman–Crippen LogP) is 3.56. The van der Waals surface area contributed by atoms with Crippen molar-refractivity contribution in [1.82, 2.24) is 30.0 Å². The van der Waals surface area contributed by atoms with Gasteiger partial charge in [-0.2, -0.15) is 5.10 Å². The van der Waals surface area contributed by atoms with Crippen molar-refractivity contribution in [3.63, 3.8) is 0 Å². The van der Waals surface area contributed by atoms with Gasteiger partial charge in [0.25, 0.3) is 5.91 Å². The van der Waals surface area contributed by atoms with Crippen LogP contribution in [-0.4, -0.2) is 63.3 Å². The molecule has 2 aliphatic rings. The number of anilines is 3. The molecule has 5 rings (SSSR count). The zero-order chi connectivity index (χ0) is 25.3. The molecular weight excluding hydrogens is 452 g/mol. The SMILES string of the molecule is CN1CCn2nc(Nc3cc(N4CCC[C@H](NC(=O)c5ccc(C(C)(C)C)cn5)C4)ccn3)cc2C1. The molecule has 3 aromatic rings. The molecule has 0 unspecified atom stereocenters. The highest BCUT2D eigenvalue weighted by molar-refractivity contribution is 5.92. The lowest BCUT2D eigenvalue weighted by Crippen LogP contribution is -2.48. The van der Waals surface area contributed by atoms with Crippen LogP contribution in [0, 0.1) is 0 Å². The van der Waals surface area contributed by atoms with Gasteiger partial charge in [0, 0.05) is 62.4 Å². The number of likely N-dealkylation sites (N-methyl/N-ethyl adjacent to an activating group) is 1. The van der Waals surface area contributed by atoms with E-state index in [9.17, 15) is 4.79 Å². The summed E-state index contributed by atoms with van der Waals surface area (Å²) in [6, 6.07) is 10.1. The Labute approximate surface area is 212 Å². The second-order valence-corrected chi connectivity index (χ2v) is 10.9. The van der Waals surface area contributed by atoms with E-state index >= 15 is 0 Å². The van der Waals surface area contributed by atoms with Crippen molar-refractivity contribution in [2.75, 3.05) is 36.9 Å². The predicted molar refractivity (Wildman–Crippen MR) is 142 cm³/mol. The van der Waals surface area contributed by atoms with Gasteiger partial charge in [0.15, 0.2) is 5.82 Å². The van der Waals surface area contributed by atoms with Crippen LogP contribution in [0.15, 0.2) is 42.7 Å². The third kappa shape index (κ3) is 5.51. The molecule has 2 aliphatic heterocycles. The van der Waals surface area contributed by atoms with Crippen LogP contribution in [0.5, 0.6) is 0 Å². The molecule has 0 spiro atoms. The summed E-state index contributed by atoms with van der Waals surface area (Å²) in [5, 5.41) is 11.2.